The van der Waals surface area contributed by atoms with Gasteiger partial charge in [-0.05, 0) is 55.5 Å². The number of phenolic OH excluding ortho intramolecular Hbond substituents is 1. The molecular weight excluding hydrogens is 340 g/mol. The number of rotatable bonds is 4. The van der Waals surface area contributed by atoms with Crippen LogP contribution in [0.4, 0.5) is 5.69 Å². The van der Waals surface area contributed by atoms with E-state index >= 15 is 0 Å². The first-order valence-corrected chi connectivity index (χ1v) is 8.66. The Hall–Kier alpha value is -2.40. The van der Waals surface area contributed by atoms with Gasteiger partial charge in [-0.3, -0.25) is 4.79 Å². The van der Waals surface area contributed by atoms with Crippen molar-refractivity contribution < 1.29 is 14.6 Å². The summed E-state index contributed by atoms with van der Waals surface area (Å²) in [6, 6.07) is 14.1. The number of hydrogen-bond acceptors (Lipinski definition) is 4. The summed E-state index contributed by atoms with van der Waals surface area (Å²) >= 11 is 5.86. The molecule has 3 rings (SSSR count). The highest BCUT2D eigenvalue weighted by Gasteiger charge is 2.26. The second-order valence-electron chi connectivity index (χ2n) is 6.04. The SMILES string of the molecule is C[C@@H](Oc1ccc(Cl)cc1)C(=O)N1CCN(c2ccc(O)cc2)CC1. The molecule has 25 heavy (non-hydrogen) atoms. The molecule has 6 heteroatoms. The van der Waals surface area contributed by atoms with Gasteiger partial charge in [-0.1, -0.05) is 11.6 Å². The van der Waals surface area contributed by atoms with Gasteiger partial charge in [0, 0.05) is 36.9 Å². The molecule has 0 spiro atoms. The molecule has 1 atom stereocenters. The fourth-order valence-electron chi connectivity index (χ4n) is 2.87. The zero-order valence-corrected chi connectivity index (χ0v) is 14.8. The van der Waals surface area contributed by atoms with E-state index in [-0.39, 0.29) is 11.7 Å². The van der Waals surface area contributed by atoms with Gasteiger partial charge in [0.05, 0.1) is 0 Å². The first-order valence-electron chi connectivity index (χ1n) is 8.28. The van der Waals surface area contributed by atoms with Crippen molar-refractivity contribution in [2.24, 2.45) is 0 Å². The first-order chi connectivity index (χ1) is 12.0. The summed E-state index contributed by atoms with van der Waals surface area (Å²) in [5.74, 6) is 0.874. The second-order valence-corrected chi connectivity index (χ2v) is 6.48. The molecule has 0 bridgehead atoms. The third-order valence-corrected chi connectivity index (χ3v) is 4.53. The minimum atomic E-state index is -0.540. The van der Waals surface area contributed by atoms with Crippen molar-refractivity contribution in [2.45, 2.75) is 13.0 Å². The van der Waals surface area contributed by atoms with Gasteiger partial charge in [-0.25, -0.2) is 0 Å². The van der Waals surface area contributed by atoms with E-state index in [1.165, 1.54) is 0 Å². The first kappa shape index (κ1) is 17.4. The molecule has 132 valence electrons. The lowest BCUT2D eigenvalue weighted by molar-refractivity contribution is -0.138. The van der Waals surface area contributed by atoms with E-state index in [1.54, 1.807) is 43.3 Å². The van der Waals surface area contributed by atoms with Gasteiger partial charge in [-0.15, -0.1) is 0 Å². The normalized spacial score (nSPS) is 15.8. The number of phenols is 1. The summed E-state index contributed by atoms with van der Waals surface area (Å²) in [6.07, 6.45) is -0.540. The molecule has 1 amide bonds. The zero-order chi connectivity index (χ0) is 17.8. The lowest BCUT2D eigenvalue weighted by Gasteiger charge is -2.37. The lowest BCUT2D eigenvalue weighted by atomic mass is 10.2. The van der Waals surface area contributed by atoms with Crippen molar-refractivity contribution >= 4 is 23.2 Å². The van der Waals surface area contributed by atoms with Gasteiger partial charge in [0.25, 0.3) is 5.91 Å². The molecule has 1 N–H and O–H groups in total. The number of benzene rings is 2. The molecule has 1 saturated heterocycles. The Morgan fingerprint density at radius 1 is 1.04 bits per heavy atom. The Bertz CT molecular complexity index is 710. The van der Waals surface area contributed by atoms with E-state index in [2.05, 4.69) is 4.90 Å². The van der Waals surface area contributed by atoms with Crippen molar-refractivity contribution in [3.8, 4) is 11.5 Å². The van der Waals surface area contributed by atoms with Crippen LogP contribution in [-0.4, -0.2) is 48.2 Å². The summed E-state index contributed by atoms with van der Waals surface area (Å²) < 4.78 is 5.72. The molecule has 1 heterocycles. The zero-order valence-electron chi connectivity index (χ0n) is 14.1. The number of carbonyl (C=O) groups excluding carboxylic acids is 1. The molecular formula is C19H21ClN2O3. The number of aromatic hydroxyl groups is 1. The fraction of sp³-hybridized carbons (Fsp3) is 0.316. The van der Waals surface area contributed by atoms with Gasteiger partial charge < -0.3 is 19.6 Å². The van der Waals surface area contributed by atoms with Gasteiger partial charge in [0.15, 0.2) is 6.10 Å². The Kier molecular flexibility index (Phi) is 5.34. The number of piperazine rings is 1. The number of amides is 1. The Morgan fingerprint density at radius 2 is 1.64 bits per heavy atom. The van der Waals surface area contributed by atoms with E-state index in [0.717, 1.165) is 18.8 Å². The Morgan fingerprint density at radius 3 is 2.24 bits per heavy atom. The van der Waals surface area contributed by atoms with Crippen molar-refractivity contribution in [2.75, 3.05) is 31.1 Å². The average Bonchev–Trinajstić information content (AvgIpc) is 2.64. The van der Waals surface area contributed by atoms with E-state index < -0.39 is 6.10 Å². The smallest absolute Gasteiger partial charge is 0.263 e. The van der Waals surface area contributed by atoms with Crippen molar-refractivity contribution in [3.05, 3.63) is 53.6 Å². The molecule has 1 fully saturated rings. The van der Waals surface area contributed by atoms with Crippen molar-refractivity contribution in [1.29, 1.82) is 0 Å². The largest absolute Gasteiger partial charge is 0.508 e. The van der Waals surface area contributed by atoms with Gasteiger partial charge in [-0.2, -0.15) is 0 Å². The highest BCUT2D eigenvalue weighted by atomic mass is 35.5. The quantitative estimate of drug-likeness (QED) is 0.910. The van der Waals surface area contributed by atoms with Crippen LogP contribution in [0.15, 0.2) is 48.5 Å². The Balaban J connectivity index is 1.53. The summed E-state index contributed by atoms with van der Waals surface area (Å²) in [5.41, 5.74) is 1.05. The predicted octanol–water partition coefficient (Wildman–Crippen LogP) is 3.16. The molecule has 1 aliphatic rings. The lowest BCUT2D eigenvalue weighted by Crippen LogP contribution is -2.52. The number of ether oxygens (including phenoxy) is 1. The molecule has 5 nitrogen and oxygen atoms in total. The Labute approximate surface area is 152 Å². The van der Waals surface area contributed by atoms with Crippen LogP contribution in [-0.2, 0) is 4.79 Å². The van der Waals surface area contributed by atoms with Gasteiger partial charge in [0.2, 0.25) is 0 Å². The minimum absolute atomic E-state index is 0.0136. The van der Waals surface area contributed by atoms with Crippen LogP contribution in [0.2, 0.25) is 5.02 Å². The second kappa shape index (κ2) is 7.66. The highest BCUT2D eigenvalue weighted by Crippen LogP contribution is 2.21. The van der Waals surface area contributed by atoms with Crippen molar-refractivity contribution in [3.63, 3.8) is 0 Å². The van der Waals surface area contributed by atoms with Gasteiger partial charge in [0.1, 0.15) is 11.5 Å². The van der Waals surface area contributed by atoms with E-state index in [0.29, 0.717) is 23.9 Å². The van der Waals surface area contributed by atoms with Crippen LogP contribution < -0.4 is 9.64 Å². The molecule has 0 aromatic heterocycles. The highest BCUT2D eigenvalue weighted by molar-refractivity contribution is 6.30. The van der Waals surface area contributed by atoms with Crippen LogP contribution in [0, 0.1) is 0 Å². The number of carbonyl (C=O) groups is 1. The standard InChI is InChI=1S/C19H21ClN2O3/c1-14(25-18-8-2-15(20)3-9-18)19(24)22-12-10-21(11-13-22)16-4-6-17(23)7-5-16/h2-9,14,23H,10-13H2,1H3/t14-/m1/s1. The molecule has 1 aliphatic heterocycles. The summed E-state index contributed by atoms with van der Waals surface area (Å²) in [7, 11) is 0. The number of halogens is 1. The minimum Gasteiger partial charge on any atom is -0.508 e. The van der Waals surface area contributed by atoms with Crippen LogP contribution in [0.25, 0.3) is 0 Å². The predicted molar refractivity (Wildman–Crippen MR) is 98.4 cm³/mol. The van der Waals surface area contributed by atoms with Crippen LogP contribution in [0.5, 0.6) is 11.5 Å². The van der Waals surface area contributed by atoms with E-state index in [4.69, 9.17) is 16.3 Å². The number of anilines is 1. The maximum Gasteiger partial charge on any atom is 0.263 e. The molecule has 2 aromatic rings. The summed E-state index contributed by atoms with van der Waals surface area (Å²) in [5, 5.41) is 10.0. The number of nitrogens with zero attached hydrogens (tertiary/aromatic N) is 2. The van der Waals surface area contributed by atoms with Gasteiger partial charge >= 0.3 is 0 Å². The molecule has 0 radical (unpaired) electrons. The molecule has 2 aromatic carbocycles. The maximum atomic E-state index is 12.6. The molecule has 0 unspecified atom stereocenters. The van der Waals surface area contributed by atoms with E-state index in [1.807, 2.05) is 17.0 Å². The summed E-state index contributed by atoms with van der Waals surface area (Å²) in [6.45, 7) is 4.57. The van der Waals surface area contributed by atoms with Crippen LogP contribution in [0.3, 0.4) is 0 Å². The third kappa shape index (κ3) is 4.37. The third-order valence-electron chi connectivity index (χ3n) is 4.28. The summed E-state index contributed by atoms with van der Waals surface area (Å²) in [4.78, 5) is 16.6. The van der Waals surface area contributed by atoms with Crippen molar-refractivity contribution in [1.82, 2.24) is 4.90 Å². The number of hydrogen-bond donors (Lipinski definition) is 1. The van der Waals surface area contributed by atoms with E-state index in [9.17, 15) is 9.90 Å². The van der Waals surface area contributed by atoms with Crippen LogP contribution in [0.1, 0.15) is 6.92 Å². The fourth-order valence-corrected chi connectivity index (χ4v) is 3.00. The monoisotopic (exact) mass is 360 g/mol. The average molecular weight is 361 g/mol. The topological polar surface area (TPSA) is 53.0 Å². The molecule has 0 aliphatic carbocycles. The molecule has 0 saturated carbocycles. The maximum absolute atomic E-state index is 12.6. The van der Waals surface area contributed by atoms with Crippen LogP contribution >= 0.6 is 11.6 Å².